The second kappa shape index (κ2) is 6.47. The summed E-state index contributed by atoms with van der Waals surface area (Å²) >= 11 is 0. The summed E-state index contributed by atoms with van der Waals surface area (Å²) in [6.07, 6.45) is 3.75. The Morgan fingerprint density at radius 1 is 1.10 bits per heavy atom. The minimum Gasteiger partial charge on any atom is -0.306 e. The second-order valence-corrected chi connectivity index (χ2v) is 4.33. The topological polar surface area (TPSA) is 37.8 Å². The van der Waals surface area contributed by atoms with Crippen molar-refractivity contribution in [3.8, 4) is 0 Å². The van der Waals surface area contributed by atoms with Crippen LogP contribution in [0.2, 0.25) is 0 Å². The van der Waals surface area contributed by atoms with Crippen LogP contribution in [0.3, 0.4) is 0 Å². The molecule has 0 aliphatic carbocycles. The lowest BCUT2D eigenvalue weighted by molar-refractivity contribution is 0.432. The molecule has 0 radical (unpaired) electrons. The van der Waals surface area contributed by atoms with E-state index in [2.05, 4.69) is 15.5 Å². The molecule has 0 aliphatic heterocycles. The van der Waals surface area contributed by atoms with Crippen LogP contribution in [0.25, 0.3) is 0 Å². The Kier molecular flexibility index (Phi) is 4.68. The van der Waals surface area contributed by atoms with Crippen LogP contribution in [0, 0.1) is 17.5 Å². The molecule has 1 unspecified atom stereocenters. The van der Waals surface area contributed by atoms with Crippen molar-refractivity contribution in [3.63, 3.8) is 0 Å². The van der Waals surface area contributed by atoms with Gasteiger partial charge in [0.25, 0.3) is 0 Å². The van der Waals surface area contributed by atoms with Gasteiger partial charge in [-0.1, -0.05) is 13.0 Å². The zero-order chi connectivity index (χ0) is 14.5. The average Bonchev–Trinajstić information content (AvgIpc) is 2.48. The van der Waals surface area contributed by atoms with Gasteiger partial charge in [0.05, 0.1) is 12.2 Å². The van der Waals surface area contributed by atoms with E-state index in [4.69, 9.17) is 0 Å². The van der Waals surface area contributed by atoms with Crippen molar-refractivity contribution < 1.29 is 13.2 Å². The van der Waals surface area contributed by atoms with Crippen molar-refractivity contribution in [3.05, 3.63) is 59.2 Å². The van der Waals surface area contributed by atoms with Crippen LogP contribution in [0.15, 0.2) is 30.6 Å². The molecule has 1 aromatic carbocycles. The standard InChI is InChI=1S/C14H14F3N3/c1-2-6-18-14(9-5-7-19-20-8-9)10-3-4-11(15)13(17)12(10)16/h3-5,7-8,14,18H,2,6H2,1H3. The van der Waals surface area contributed by atoms with Crippen LogP contribution in [0.1, 0.15) is 30.5 Å². The molecule has 2 rings (SSSR count). The zero-order valence-electron chi connectivity index (χ0n) is 10.9. The molecule has 0 saturated heterocycles. The van der Waals surface area contributed by atoms with Crippen LogP contribution in [0.4, 0.5) is 13.2 Å². The van der Waals surface area contributed by atoms with E-state index in [1.165, 1.54) is 18.5 Å². The van der Waals surface area contributed by atoms with Gasteiger partial charge in [-0.15, -0.1) is 0 Å². The van der Waals surface area contributed by atoms with E-state index in [0.717, 1.165) is 12.5 Å². The van der Waals surface area contributed by atoms with Crippen molar-refractivity contribution in [2.45, 2.75) is 19.4 Å². The Bertz CT molecular complexity index is 575. The highest BCUT2D eigenvalue weighted by Crippen LogP contribution is 2.26. The van der Waals surface area contributed by atoms with E-state index >= 15 is 0 Å². The van der Waals surface area contributed by atoms with Gasteiger partial charge in [0.1, 0.15) is 0 Å². The summed E-state index contributed by atoms with van der Waals surface area (Å²) in [5.41, 5.74) is 0.684. The van der Waals surface area contributed by atoms with Gasteiger partial charge in [0.15, 0.2) is 17.5 Å². The average molecular weight is 281 g/mol. The minimum atomic E-state index is -1.46. The first-order chi connectivity index (χ1) is 9.65. The molecule has 6 heteroatoms. The normalized spacial score (nSPS) is 12.4. The lowest BCUT2D eigenvalue weighted by Crippen LogP contribution is -2.24. The Hall–Kier alpha value is -1.95. The number of aromatic nitrogens is 2. The number of rotatable bonds is 5. The maximum absolute atomic E-state index is 13.9. The quantitative estimate of drug-likeness (QED) is 0.856. The molecule has 0 amide bonds. The van der Waals surface area contributed by atoms with Crippen LogP contribution < -0.4 is 5.32 Å². The summed E-state index contributed by atoms with van der Waals surface area (Å²) in [6, 6.07) is 3.21. The molecule has 1 aromatic heterocycles. The smallest absolute Gasteiger partial charge is 0.194 e. The number of benzene rings is 1. The van der Waals surface area contributed by atoms with Crippen molar-refractivity contribution in [2.24, 2.45) is 0 Å². The number of halogens is 3. The van der Waals surface area contributed by atoms with Gasteiger partial charge in [0, 0.05) is 11.8 Å². The fourth-order valence-corrected chi connectivity index (χ4v) is 1.93. The Labute approximate surface area is 114 Å². The minimum absolute atomic E-state index is 0.0466. The summed E-state index contributed by atoms with van der Waals surface area (Å²) in [7, 11) is 0. The molecule has 1 atom stereocenters. The van der Waals surface area contributed by atoms with E-state index in [0.29, 0.717) is 12.1 Å². The van der Waals surface area contributed by atoms with Crippen molar-refractivity contribution in [1.29, 1.82) is 0 Å². The van der Waals surface area contributed by atoms with Gasteiger partial charge in [-0.2, -0.15) is 10.2 Å². The highest BCUT2D eigenvalue weighted by atomic mass is 19.2. The first-order valence-electron chi connectivity index (χ1n) is 6.28. The Morgan fingerprint density at radius 2 is 1.90 bits per heavy atom. The van der Waals surface area contributed by atoms with E-state index in [1.54, 1.807) is 6.07 Å². The molecule has 106 valence electrons. The van der Waals surface area contributed by atoms with E-state index < -0.39 is 23.5 Å². The van der Waals surface area contributed by atoms with E-state index in [9.17, 15) is 13.2 Å². The maximum atomic E-state index is 13.9. The lowest BCUT2D eigenvalue weighted by Gasteiger charge is -2.19. The Balaban J connectivity index is 2.44. The number of nitrogens with zero attached hydrogens (tertiary/aromatic N) is 2. The number of nitrogens with one attached hydrogen (secondary N) is 1. The molecule has 20 heavy (non-hydrogen) atoms. The third kappa shape index (κ3) is 2.96. The van der Waals surface area contributed by atoms with Crippen molar-refractivity contribution >= 4 is 0 Å². The van der Waals surface area contributed by atoms with Gasteiger partial charge in [-0.25, -0.2) is 13.2 Å². The molecule has 3 nitrogen and oxygen atoms in total. The fraction of sp³-hybridized carbons (Fsp3) is 0.286. The van der Waals surface area contributed by atoms with Gasteiger partial charge in [0.2, 0.25) is 0 Å². The summed E-state index contributed by atoms with van der Waals surface area (Å²) < 4.78 is 40.3. The Morgan fingerprint density at radius 3 is 2.55 bits per heavy atom. The summed E-state index contributed by atoms with van der Waals surface area (Å²) in [4.78, 5) is 0. The second-order valence-electron chi connectivity index (χ2n) is 4.33. The highest BCUT2D eigenvalue weighted by Gasteiger charge is 2.22. The van der Waals surface area contributed by atoms with E-state index in [1.807, 2.05) is 6.92 Å². The van der Waals surface area contributed by atoms with Gasteiger partial charge in [-0.3, -0.25) is 0 Å². The first-order valence-corrected chi connectivity index (χ1v) is 6.28. The summed E-state index contributed by atoms with van der Waals surface area (Å²) in [5, 5.41) is 10.5. The molecule has 0 aliphatic rings. The molecule has 0 spiro atoms. The van der Waals surface area contributed by atoms with Crippen LogP contribution >= 0.6 is 0 Å². The van der Waals surface area contributed by atoms with Gasteiger partial charge >= 0.3 is 0 Å². The number of hydrogen-bond donors (Lipinski definition) is 1. The third-order valence-electron chi connectivity index (χ3n) is 2.91. The highest BCUT2D eigenvalue weighted by molar-refractivity contribution is 5.31. The zero-order valence-corrected chi connectivity index (χ0v) is 10.9. The van der Waals surface area contributed by atoms with Gasteiger partial charge in [-0.05, 0) is 30.7 Å². The molecule has 0 saturated carbocycles. The molecule has 1 heterocycles. The largest absolute Gasteiger partial charge is 0.306 e. The van der Waals surface area contributed by atoms with Crippen LogP contribution in [0.5, 0.6) is 0 Å². The van der Waals surface area contributed by atoms with Crippen molar-refractivity contribution in [1.82, 2.24) is 15.5 Å². The van der Waals surface area contributed by atoms with Gasteiger partial charge < -0.3 is 5.32 Å². The third-order valence-corrected chi connectivity index (χ3v) is 2.91. The SMILES string of the molecule is CCCNC(c1ccnnc1)c1ccc(F)c(F)c1F. The molecule has 0 bridgehead atoms. The molecule has 0 fully saturated rings. The molecule has 1 N–H and O–H groups in total. The van der Waals surface area contributed by atoms with Crippen LogP contribution in [-0.2, 0) is 0 Å². The molecular formula is C14H14F3N3. The molecular weight excluding hydrogens is 267 g/mol. The predicted molar refractivity (Wildman–Crippen MR) is 68.5 cm³/mol. The van der Waals surface area contributed by atoms with Crippen LogP contribution in [-0.4, -0.2) is 16.7 Å². The fourth-order valence-electron chi connectivity index (χ4n) is 1.93. The summed E-state index contributed by atoms with van der Waals surface area (Å²) in [5.74, 6) is -3.85. The maximum Gasteiger partial charge on any atom is 0.194 e. The van der Waals surface area contributed by atoms with E-state index in [-0.39, 0.29) is 5.56 Å². The predicted octanol–water partition coefficient (Wildman–Crippen LogP) is 2.98. The lowest BCUT2D eigenvalue weighted by atomic mass is 9.99. The number of hydrogen-bond acceptors (Lipinski definition) is 3. The molecule has 2 aromatic rings. The van der Waals surface area contributed by atoms with Crippen molar-refractivity contribution in [2.75, 3.05) is 6.54 Å². The first kappa shape index (κ1) is 14.5. The monoisotopic (exact) mass is 281 g/mol. The summed E-state index contributed by atoms with van der Waals surface area (Å²) in [6.45, 7) is 2.56.